The SMILES string of the molecule is C[Si](C)(C)C#Cc1ccc(C=CC2=CC(c3ccc(C#C[Si](C)(C)C)cc3)N(c3ccccc3)N2)cc1. The van der Waals surface area contributed by atoms with Crippen LogP contribution in [-0.2, 0) is 0 Å². The minimum atomic E-state index is -1.40. The van der Waals surface area contributed by atoms with E-state index in [1.807, 2.05) is 6.07 Å². The number of hydrogen-bond acceptors (Lipinski definition) is 2. The summed E-state index contributed by atoms with van der Waals surface area (Å²) in [5.74, 6) is 6.69. The molecule has 186 valence electrons. The molecule has 0 amide bonds. The fourth-order valence-electron chi connectivity index (χ4n) is 3.79. The highest BCUT2D eigenvalue weighted by Gasteiger charge is 2.25. The second-order valence-corrected chi connectivity index (χ2v) is 21.0. The zero-order chi connectivity index (χ0) is 26.5. The van der Waals surface area contributed by atoms with E-state index in [0.717, 1.165) is 28.1 Å². The molecule has 1 N–H and O–H groups in total. The number of nitrogens with zero attached hydrogens (tertiary/aromatic N) is 1. The van der Waals surface area contributed by atoms with E-state index in [2.05, 4.69) is 164 Å². The molecule has 2 nitrogen and oxygen atoms in total. The molecule has 0 fully saturated rings. The molecule has 0 saturated heterocycles. The van der Waals surface area contributed by atoms with Crippen molar-refractivity contribution in [3.8, 4) is 22.9 Å². The Morgan fingerprint density at radius 2 is 1.22 bits per heavy atom. The van der Waals surface area contributed by atoms with Gasteiger partial charge in [-0.1, -0.05) is 99.7 Å². The average Bonchev–Trinajstić information content (AvgIpc) is 3.30. The second kappa shape index (κ2) is 11.1. The van der Waals surface area contributed by atoms with E-state index in [9.17, 15) is 0 Å². The fourth-order valence-corrected chi connectivity index (χ4v) is 4.83. The standard InChI is InChI=1S/C33H36N2Si2/c1-36(2,3)24-22-28-14-12-27(13-15-28)18-21-31-26-33(35(34-31)32-10-8-7-9-11-32)30-19-16-29(17-20-30)23-25-37(4,5)6/h7-21,26,33-34H,1-6H3. The molecule has 0 spiro atoms. The van der Waals surface area contributed by atoms with Crippen LogP contribution in [0.1, 0.15) is 28.3 Å². The topological polar surface area (TPSA) is 15.3 Å². The van der Waals surface area contributed by atoms with Crippen molar-refractivity contribution in [1.29, 1.82) is 0 Å². The number of anilines is 1. The highest BCUT2D eigenvalue weighted by atomic mass is 28.3. The first-order valence-corrected chi connectivity index (χ1v) is 19.8. The summed E-state index contributed by atoms with van der Waals surface area (Å²) in [4.78, 5) is 0. The molecule has 1 aliphatic rings. The minimum Gasteiger partial charge on any atom is -0.298 e. The second-order valence-electron chi connectivity index (χ2n) is 11.5. The van der Waals surface area contributed by atoms with E-state index in [1.165, 1.54) is 5.56 Å². The van der Waals surface area contributed by atoms with Crippen molar-refractivity contribution in [2.45, 2.75) is 45.3 Å². The monoisotopic (exact) mass is 516 g/mol. The molecule has 4 heteroatoms. The normalized spacial score (nSPS) is 15.4. The van der Waals surface area contributed by atoms with Gasteiger partial charge in [-0.25, -0.2) is 0 Å². The largest absolute Gasteiger partial charge is 0.298 e. The van der Waals surface area contributed by atoms with Crippen molar-refractivity contribution >= 4 is 27.9 Å². The van der Waals surface area contributed by atoms with Gasteiger partial charge in [-0.05, 0) is 59.7 Å². The molecular formula is C33H36N2Si2. The van der Waals surface area contributed by atoms with Gasteiger partial charge in [0.15, 0.2) is 0 Å². The van der Waals surface area contributed by atoms with Gasteiger partial charge < -0.3 is 0 Å². The summed E-state index contributed by atoms with van der Waals surface area (Å²) < 4.78 is 0. The summed E-state index contributed by atoms with van der Waals surface area (Å²) in [5.41, 5.74) is 17.2. The number of nitrogens with one attached hydrogen (secondary N) is 1. The van der Waals surface area contributed by atoms with Crippen molar-refractivity contribution in [1.82, 2.24) is 5.43 Å². The number of hydrazine groups is 1. The molecule has 1 atom stereocenters. The number of para-hydroxylation sites is 1. The predicted molar refractivity (Wildman–Crippen MR) is 165 cm³/mol. The van der Waals surface area contributed by atoms with Crippen molar-refractivity contribution in [3.05, 3.63) is 119 Å². The van der Waals surface area contributed by atoms with Crippen LogP contribution in [0.2, 0.25) is 39.3 Å². The van der Waals surface area contributed by atoms with Gasteiger partial charge in [0.05, 0.1) is 17.4 Å². The molecule has 3 aromatic rings. The van der Waals surface area contributed by atoms with Gasteiger partial charge in [-0.15, -0.1) is 11.1 Å². The Morgan fingerprint density at radius 1 is 0.676 bits per heavy atom. The van der Waals surface area contributed by atoms with E-state index in [0.29, 0.717) is 0 Å². The third kappa shape index (κ3) is 7.89. The zero-order valence-electron chi connectivity index (χ0n) is 22.8. The Labute approximate surface area is 225 Å². The zero-order valence-corrected chi connectivity index (χ0v) is 24.8. The van der Waals surface area contributed by atoms with Crippen molar-refractivity contribution in [2.75, 3.05) is 5.01 Å². The van der Waals surface area contributed by atoms with Crippen LogP contribution in [0, 0.1) is 22.9 Å². The molecule has 0 saturated carbocycles. The summed E-state index contributed by atoms with van der Waals surface area (Å²) in [7, 11) is -2.77. The number of benzene rings is 3. The molecule has 0 radical (unpaired) electrons. The lowest BCUT2D eigenvalue weighted by atomic mass is 10.0. The van der Waals surface area contributed by atoms with Crippen LogP contribution in [0.4, 0.5) is 5.69 Å². The van der Waals surface area contributed by atoms with Crippen LogP contribution in [0.3, 0.4) is 0 Å². The number of rotatable bonds is 4. The van der Waals surface area contributed by atoms with Gasteiger partial charge >= 0.3 is 0 Å². The Balaban J connectivity index is 1.56. The first kappa shape index (κ1) is 26.4. The number of hydrogen-bond donors (Lipinski definition) is 1. The van der Waals surface area contributed by atoms with Gasteiger partial charge in [-0.2, -0.15) is 0 Å². The lowest BCUT2D eigenvalue weighted by Gasteiger charge is -2.27. The Kier molecular flexibility index (Phi) is 7.93. The molecule has 0 aromatic heterocycles. The highest BCUT2D eigenvalue weighted by molar-refractivity contribution is 6.84. The average molecular weight is 517 g/mol. The van der Waals surface area contributed by atoms with E-state index in [-0.39, 0.29) is 6.04 Å². The summed E-state index contributed by atoms with van der Waals surface area (Å²) in [6.45, 7) is 13.6. The number of allylic oxidation sites excluding steroid dienone is 1. The van der Waals surface area contributed by atoms with Crippen LogP contribution in [-0.4, -0.2) is 16.1 Å². The molecule has 3 aromatic carbocycles. The van der Waals surface area contributed by atoms with Crippen LogP contribution >= 0.6 is 0 Å². The molecule has 1 aliphatic heterocycles. The molecule has 1 unspecified atom stereocenters. The van der Waals surface area contributed by atoms with Crippen molar-refractivity contribution in [2.24, 2.45) is 0 Å². The fraction of sp³-hybridized carbons (Fsp3) is 0.212. The Bertz CT molecular complexity index is 1400. The van der Waals surface area contributed by atoms with Crippen LogP contribution in [0.5, 0.6) is 0 Å². The molecule has 4 rings (SSSR count). The van der Waals surface area contributed by atoms with Crippen LogP contribution < -0.4 is 10.4 Å². The third-order valence-corrected chi connectivity index (χ3v) is 7.43. The molecule has 0 aliphatic carbocycles. The maximum absolute atomic E-state index is 3.60. The van der Waals surface area contributed by atoms with Gasteiger partial charge in [0.2, 0.25) is 0 Å². The quantitative estimate of drug-likeness (QED) is 0.281. The summed E-state index contributed by atoms with van der Waals surface area (Å²) >= 11 is 0. The summed E-state index contributed by atoms with van der Waals surface area (Å²) in [5, 5.41) is 2.22. The van der Waals surface area contributed by atoms with E-state index >= 15 is 0 Å². The first-order valence-electron chi connectivity index (χ1n) is 12.8. The van der Waals surface area contributed by atoms with Crippen molar-refractivity contribution in [3.63, 3.8) is 0 Å². The third-order valence-electron chi connectivity index (χ3n) is 5.68. The van der Waals surface area contributed by atoms with Gasteiger partial charge in [0.25, 0.3) is 0 Å². The van der Waals surface area contributed by atoms with Crippen molar-refractivity contribution < 1.29 is 0 Å². The minimum absolute atomic E-state index is 0.0836. The molecule has 37 heavy (non-hydrogen) atoms. The van der Waals surface area contributed by atoms with Gasteiger partial charge in [0.1, 0.15) is 16.1 Å². The predicted octanol–water partition coefficient (Wildman–Crippen LogP) is 7.81. The lowest BCUT2D eigenvalue weighted by Crippen LogP contribution is -2.33. The van der Waals surface area contributed by atoms with Gasteiger partial charge in [0, 0.05) is 11.1 Å². The maximum Gasteiger partial charge on any atom is 0.129 e. The maximum atomic E-state index is 3.60. The van der Waals surface area contributed by atoms with E-state index in [1.54, 1.807) is 0 Å². The van der Waals surface area contributed by atoms with E-state index < -0.39 is 16.1 Å². The summed E-state index contributed by atoms with van der Waals surface area (Å²) in [6, 6.07) is 27.7. The van der Waals surface area contributed by atoms with E-state index in [4.69, 9.17) is 0 Å². The molecular weight excluding hydrogens is 481 g/mol. The summed E-state index contributed by atoms with van der Waals surface area (Å²) in [6.07, 6.45) is 6.57. The van der Waals surface area contributed by atoms with Crippen LogP contribution in [0.25, 0.3) is 6.08 Å². The Morgan fingerprint density at radius 3 is 1.76 bits per heavy atom. The van der Waals surface area contributed by atoms with Gasteiger partial charge in [-0.3, -0.25) is 10.4 Å². The lowest BCUT2D eigenvalue weighted by molar-refractivity contribution is 0.709. The Hall–Kier alpha value is -3.71. The smallest absolute Gasteiger partial charge is 0.129 e. The first-order chi connectivity index (χ1) is 17.6. The highest BCUT2D eigenvalue weighted by Crippen LogP contribution is 2.32. The van der Waals surface area contributed by atoms with Crippen LogP contribution in [0.15, 0.2) is 96.7 Å². The molecule has 0 bridgehead atoms. The molecule has 1 heterocycles.